The average molecular weight is 212 g/mol. The molecule has 0 aromatic heterocycles. The Bertz CT molecular complexity index is 247. The second-order valence-electron chi connectivity index (χ2n) is 4.09. The molecular weight excluding hydrogens is 192 g/mol. The van der Waals surface area contributed by atoms with Gasteiger partial charge in [0.2, 0.25) is 5.91 Å². The second kappa shape index (κ2) is 5.88. The first-order valence-corrected chi connectivity index (χ1v) is 5.40. The zero-order chi connectivity index (χ0) is 11.3. The fourth-order valence-corrected chi connectivity index (χ4v) is 1.54. The van der Waals surface area contributed by atoms with Crippen molar-refractivity contribution in [2.24, 2.45) is 5.73 Å². The molecule has 1 saturated heterocycles. The average Bonchev–Trinajstić information content (AvgIpc) is 2.65. The van der Waals surface area contributed by atoms with Crippen LogP contribution in [0.3, 0.4) is 0 Å². The van der Waals surface area contributed by atoms with Crippen LogP contribution in [0.5, 0.6) is 0 Å². The van der Waals surface area contributed by atoms with Crippen LogP contribution in [0.15, 0.2) is 11.6 Å². The smallest absolute Gasteiger partial charge is 0.249 e. The minimum absolute atomic E-state index is 0.0246. The number of allylic oxidation sites excluding steroid dienone is 1. The first-order valence-electron chi connectivity index (χ1n) is 5.40. The topological polar surface area (TPSA) is 64.4 Å². The van der Waals surface area contributed by atoms with E-state index in [0.29, 0.717) is 13.1 Å². The van der Waals surface area contributed by atoms with Gasteiger partial charge in [0.1, 0.15) is 6.10 Å². The molecule has 0 aromatic carbocycles. The highest BCUT2D eigenvalue weighted by atomic mass is 16.5. The van der Waals surface area contributed by atoms with Crippen LogP contribution in [-0.2, 0) is 9.53 Å². The Kier molecular flexibility index (Phi) is 4.78. The Morgan fingerprint density at radius 2 is 2.27 bits per heavy atom. The quantitative estimate of drug-likeness (QED) is 0.670. The molecule has 1 heterocycles. The van der Waals surface area contributed by atoms with Crippen molar-refractivity contribution in [3.05, 3.63) is 11.6 Å². The molecule has 3 N–H and O–H groups in total. The van der Waals surface area contributed by atoms with Crippen LogP contribution >= 0.6 is 0 Å². The number of rotatable bonds is 4. The lowest BCUT2D eigenvalue weighted by Gasteiger charge is -2.11. The number of nitrogens with two attached hydrogens (primary N) is 1. The van der Waals surface area contributed by atoms with Crippen LogP contribution in [0.2, 0.25) is 0 Å². The molecule has 1 aliphatic heterocycles. The molecule has 86 valence electrons. The van der Waals surface area contributed by atoms with E-state index < -0.39 is 0 Å². The molecule has 2 atom stereocenters. The Balaban J connectivity index is 2.26. The van der Waals surface area contributed by atoms with Crippen LogP contribution in [0.1, 0.15) is 26.7 Å². The summed E-state index contributed by atoms with van der Waals surface area (Å²) in [6.07, 6.45) is 3.40. The molecule has 0 aliphatic carbocycles. The number of hydrogen-bond acceptors (Lipinski definition) is 3. The molecule has 1 amide bonds. The summed E-state index contributed by atoms with van der Waals surface area (Å²) in [6, 6.07) is 0. The van der Waals surface area contributed by atoms with Gasteiger partial charge in [-0.05, 0) is 26.7 Å². The van der Waals surface area contributed by atoms with Gasteiger partial charge >= 0.3 is 0 Å². The van der Waals surface area contributed by atoms with Gasteiger partial charge in [-0.2, -0.15) is 0 Å². The first kappa shape index (κ1) is 12.2. The summed E-state index contributed by atoms with van der Waals surface area (Å²) in [5.41, 5.74) is 6.67. The lowest BCUT2D eigenvalue weighted by atomic mass is 10.2. The van der Waals surface area contributed by atoms with Crippen LogP contribution in [0.25, 0.3) is 0 Å². The van der Waals surface area contributed by atoms with Gasteiger partial charge in [0.15, 0.2) is 0 Å². The number of nitrogens with one attached hydrogen (secondary N) is 1. The van der Waals surface area contributed by atoms with Gasteiger partial charge in [-0.25, -0.2) is 0 Å². The molecule has 0 spiro atoms. The maximum absolute atomic E-state index is 11.6. The van der Waals surface area contributed by atoms with Crippen molar-refractivity contribution in [3.63, 3.8) is 0 Å². The van der Waals surface area contributed by atoms with Crippen molar-refractivity contribution >= 4 is 5.91 Å². The maximum Gasteiger partial charge on any atom is 0.249 e. The molecule has 4 heteroatoms. The monoisotopic (exact) mass is 212 g/mol. The number of ether oxygens (including phenoxy) is 1. The summed E-state index contributed by atoms with van der Waals surface area (Å²) in [4.78, 5) is 11.6. The third-order valence-corrected chi connectivity index (χ3v) is 2.45. The minimum atomic E-state index is -0.302. The van der Waals surface area contributed by atoms with Gasteiger partial charge < -0.3 is 15.8 Å². The van der Waals surface area contributed by atoms with Crippen molar-refractivity contribution in [1.29, 1.82) is 0 Å². The zero-order valence-electron chi connectivity index (χ0n) is 9.45. The fourth-order valence-electron chi connectivity index (χ4n) is 1.54. The Labute approximate surface area is 90.9 Å². The number of amides is 1. The van der Waals surface area contributed by atoms with Crippen molar-refractivity contribution in [1.82, 2.24) is 5.32 Å². The van der Waals surface area contributed by atoms with E-state index in [9.17, 15) is 4.79 Å². The molecule has 0 aromatic rings. The third kappa shape index (κ3) is 4.01. The molecule has 1 fully saturated rings. The van der Waals surface area contributed by atoms with Crippen molar-refractivity contribution in [3.8, 4) is 0 Å². The summed E-state index contributed by atoms with van der Waals surface area (Å²) in [7, 11) is 0. The largest absolute Gasteiger partial charge is 0.364 e. The molecule has 1 aliphatic rings. The highest BCUT2D eigenvalue weighted by Crippen LogP contribution is 2.18. The van der Waals surface area contributed by atoms with E-state index >= 15 is 0 Å². The summed E-state index contributed by atoms with van der Waals surface area (Å²) in [5, 5.41) is 2.82. The Hall–Kier alpha value is -0.870. The predicted octanol–water partition coefficient (Wildman–Crippen LogP) is 0.575. The SMILES string of the molecule is CC(C)=CCNC(=O)C1CCC(CN)O1. The number of carbonyl (C=O) groups excluding carboxylic acids is 1. The molecule has 0 radical (unpaired) electrons. The van der Waals surface area contributed by atoms with Gasteiger partial charge in [0, 0.05) is 13.1 Å². The Morgan fingerprint density at radius 3 is 2.80 bits per heavy atom. The van der Waals surface area contributed by atoms with E-state index in [4.69, 9.17) is 10.5 Å². The normalized spacial score (nSPS) is 25.0. The van der Waals surface area contributed by atoms with Crippen molar-refractivity contribution < 1.29 is 9.53 Å². The van der Waals surface area contributed by atoms with Gasteiger partial charge in [0.25, 0.3) is 0 Å². The summed E-state index contributed by atoms with van der Waals surface area (Å²) >= 11 is 0. The van der Waals surface area contributed by atoms with Gasteiger partial charge in [-0.3, -0.25) is 4.79 Å². The summed E-state index contributed by atoms with van der Waals surface area (Å²) < 4.78 is 5.47. The standard InChI is InChI=1S/C11H20N2O2/c1-8(2)5-6-13-11(14)10-4-3-9(7-12)15-10/h5,9-10H,3-4,6-7,12H2,1-2H3,(H,13,14). The van der Waals surface area contributed by atoms with E-state index in [1.165, 1.54) is 5.57 Å². The van der Waals surface area contributed by atoms with Crippen LogP contribution in [0.4, 0.5) is 0 Å². The molecule has 15 heavy (non-hydrogen) atoms. The van der Waals surface area contributed by atoms with E-state index in [2.05, 4.69) is 5.32 Å². The van der Waals surface area contributed by atoms with Gasteiger partial charge in [0.05, 0.1) is 6.10 Å². The summed E-state index contributed by atoms with van der Waals surface area (Å²) in [5.74, 6) is -0.0246. The minimum Gasteiger partial charge on any atom is -0.364 e. The van der Waals surface area contributed by atoms with E-state index in [1.54, 1.807) is 0 Å². The fraction of sp³-hybridized carbons (Fsp3) is 0.727. The summed E-state index contributed by atoms with van der Waals surface area (Å²) in [6.45, 7) is 5.08. The lowest BCUT2D eigenvalue weighted by Crippen LogP contribution is -2.35. The number of hydrogen-bond donors (Lipinski definition) is 2. The Morgan fingerprint density at radius 1 is 1.53 bits per heavy atom. The number of carbonyl (C=O) groups is 1. The maximum atomic E-state index is 11.6. The molecule has 1 rings (SSSR count). The highest BCUT2D eigenvalue weighted by Gasteiger charge is 2.29. The second-order valence-corrected chi connectivity index (χ2v) is 4.09. The first-order chi connectivity index (χ1) is 7.13. The lowest BCUT2D eigenvalue weighted by molar-refractivity contribution is -0.131. The van der Waals surface area contributed by atoms with Gasteiger partial charge in [-0.15, -0.1) is 0 Å². The molecule has 4 nitrogen and oxygen atoms in total. The van der Waals surface area contributed by atoms with E-state index in [0.717, 1.165) is 12.8 Å². The van der Waals surface area contributed by atoms with Crippen LogP contribution in [0, 0.1) is 0 Å². The third-order valence-electron chi connectivity index (χ3n) is 2.45. The van der Waals surface area contributed by atoms with Crippen molar-refractivity contribution in [2.45, 2.75) is 38.9 Å². The molecule has 0 saturated carbocycles. The van der Waals surface area contributed by atoms with Crippen molar-refractivity contribution in [2.75, 3.05) is 13.1 Å². The zero-order valence-corrected chi connectivity index (χ0v) is 9.45. The molecule has 0 bridgehead atoms. The highest BCUT2D eigenvalue weighted by molar-refractivity contribution is 5.81. The van der Waals surface area contributed by atoms with Crippen LogP contribution < -0.4 is 11.1 Å². The van der Waals surface area contributed by atoms with E-state index in [-0.39, 0.29) is 18.1 Å². The van der Waals surface area contributed by atoms with Gasteiger partial charge in [-0.1, -0.05) is 11.6 Å². The molecule has 2 unspecified atom stereocenters. The van der Waals surface area contributed by atoms with E-state index in [1.807, 2.05) is 19.9 Å². The predicted molar refractivity (Wildman–Crippen MR) is 59.4 cm³/mol. The van der Waals surface area contributed by atoms with Crippen LogP contribution in [-0.4, -0.2) is 31.2 Å². The molecular formula is C11H20N2O2.